The van der Waals surface area contributed by atoms with Crippen LogP contribution in [-0.4, -0.2) is 47.1 Å². The largest absolute Gasteiger partial charge is 0.481 e. The molecule has 0 saturated carbocycles. The van der Waals surface area contributed by atoms with E-state index in [1.165, 1.54) is 0 Å². The molecule has 6 nitrogen and oxygen atoms in total. The molecule has 1 atom stereocenters. The zero-order chi connectivity index (χ0) is 24.7. The monoisotopic (exact) mass is 442 g/mol. The molecule has 0 aromatic heterocycles. The summed E-state index contributed by atoms with van der Waals surface area (Å²) in [6.45, 7) is 19.4. The van der Waals surface area contributed by atoms with E-state index in [-0.39, 0.29) is 23.8 Å². The molecule has 0 aliphatic heterocycles. The molecule has 6 heteroatoms. The number of hydrogen-bond acceptors (Lipinski definition) is 5. The second kappa shape index (κ2) is 11.6. The fraction of sp³-hybridized carbons (Fsp3) is 0.880. The van der Waals surface area contributed by atoms with E-state index >= 15 is 0 Å². The molecular formula is C25H46O6. The first-order valence-corrected chi connectivity index (χ1v) is 11.4. The van der Waals surface area contributed by atoms with Crippen LogP contribution in [0.5, 0.6) is 0 Å². The molecule has 0 saturated heterocycles. The van der Waals surface area contributed by atoms with Gasteiger partial charge in [-0.3, -0.25) is 14.4 Å². The van der Waals surface area contributed by atoms with Crippen LogP contribution in [0.2, 0.25) is 0 Å². The SMILES string of the molecule is CC(C)(C)OCCCC(=O)C(C)(C)C(C)(C)OCC(CCCC(=O)C(C)(C)C)C(=O)O. The van der Waals surface area contributed by atoms with Crippen molar-refractivity contribution in [1.82, 2.24) is 0 Å². The van der Waals surface area contributed by atoms with Gasteiger partial charge in [0.15, 0.2) is 0 Å². The quantitative estimate of drug-likeness (QED) is 0.359. The Balaban J connectivity index is 4.80. The summed E-state index contributed by atoms with van der Waals surface area (Å²) in [5.41, 5.74) is -2.26. The summed E-state index contributed by atoms with van der Waals surface area (Å²) in [4.78, 5) is 36.6. The molecule has 0 aliphatic carbocycles. The molecule has 31 heavy (non-hydrogen) atoms. The van der Waals surface area contributed by atoms with Gasteiger partial charge in [-0.2, -0.15) is 0 Å². The average Bonchev–Trinajstić information content (AvgIpc) is 2.58. The second-order valence-corrected chi connectivity index (χ2v) is 11.5. The second-order valence-electron chi connectivity index (χ2n) is 11.5. The molecule has 1 N–H and O–H groups in total. The Morgan fingerprint density at radius 1 is 0.774 bits per heavy atom. The molecule has 0 aliphatic rings. The molecule has 0 aromatic carbocycles. The first kappa shape index (κ1) is 29.7. The third-order valence-corrected chi connectivity index (χ3v) is 6.07. The van der Waals surface area contributed by atoms with Gasteiger partial charge in [-0.25, -0.2) is 0 Å². The van der Waals surface area contributed by atoms with E-state index in [0.29, 0.717) is 38.7 Å². The zero-order valence-corrected chi connectivity index (χ0v) is 21.5. The molecule has 0 heterocycles. The maximum Gasteiger partial charge on any atom is 0.308 e. The lowest BCUT2D eigenvalue weighted by Crippen LogP contribution is -2.48. The highest BCUT2D eigenvalue weighted by Crippen LogP contribution is 2.36. The Hall–Kier alpha value is -1.27. The highest BCUT2D eigenvalue weighted by Gasteiger charge is 2.44. The molecule has 0 aromatic rings. The van der Waals surface area contributed by atoms with Crippen molar-refractivity contribution in [3.05, 3.63) is 0 Å². The van der Waals surface area contributed by atoms with Crippen molar-refractivity contribution in [2.24, 2.45) is 16.7 Å². The standard InChI is InChI=1S/C25H46O6/c1-22(2,3)19(26)14-11-13-18(21(28)29)17-31-25(9,10)24(7,8)20(27)15-12-16-30-23(4,5)6/h18H,11-17H2,1-10H3,(H,28,29). The number of hydrogen-bond donors (Lipinski definition) is 1. The number of carboxylic acids is 1. The van der Waals surface area contributed by atoms with E-state index in [1.54, 1.807) is 0 Å². The maximum absolute atomic E-state index is 12.9. The highest BCUT2D eigenvalue weighted by atomic mass is 16.5. The van der Waals surface area contributed by atoms with Crippen molar-refractivity contribution >= 4 is 17.5 Å². The van der Waals surface area contributed by atoms with Crippen LogP contribution >= 0.6 is 0 Å². The van der Waals surface area contributed by atoms with E-state index in [9.17, 15) is 19.5 Å². The van der Waals surface area contributed by atoms with Gasteiger partial charge in [0.25, 0.3) is 0 Å². The molecule has 0 spiro atoms. The van der Waals surface area contributed by atoms with E-state index in [1.807, 2.05) is 69.2 Å². The van der Waals surface area contributed by atoms with Gasteiger partial charge in [-0.15, -0.1) is 0 Å². The van der Waals surface area contributed by atoms with Gasteiger partial charge >= 0.3 is 5.97 Å². The number of aliphatic carboxylic acids is 1. The van der Waals surface area contributed by atoms with Crippen LogP contribution in [0.25, 0.3) is 0 Å². The predicted octanol–water partition coefficient (Wildman–Crippen LogP) is 5.46. The first-order valence-electron chi connectivity index (χ1n) is 11.4. The Morgan fingerprint density at radius 2 is 1.29 bits per heavy atom. The minimum atomic E-state index is -0.942. The molecule has 0 bridgehead atoms. The number of carbonyl (C=O) groups excluding carboxylic acids is 2. The minimum Gasteiger partial charge on any atom is -0.481 e. The van der Waals surface area contributed by atoms with Crippen LogP contribution in [-0.2, 0) is 23.9 Å². The van der Waals surface area contributed by atoms with Crippen molar-refractivity contribution in [1.29, 1.82) is 0 Å². The lowest BCUT2D eigenvalue weighted by Gasteiger charge is -2.41. The number of carbonyl (C=O) groups is 3. The van der Waals surface area contributed by atoms with E-state index in [4.69, 9.17) is 9.47 Å². The third kappa shape index (κ3) is 10.7. The van der Waals surface area contributed by atoms with Gasteiger partial charge in [0, 0.05) is 24.9 Å². The van der Waals surface area contributed by atoms with Crippen LogP contribution in [0, 0.1) is 16.7 Å². The van der Waals surface area contributed by atoms with E-state index in [0.717, 1.165) is 0 Å². The van der Waals surface area contributed by atoms with Crippen molar-refractivity contribution in [3.63, 3.8) is 0 Å². The lowest BCUT2D eigenvalue weighted by molar-refractivity contribution is -0.159. The van der Waals surface area contributed by atoms with Crippen LogP contribution in [0.15, 0.2) is 0 Å². The van der Waals surface area contributed by atoms with Crippen LogP contribution in [0.3, 0.4) is 0 Å². The Kier molecular flexibility index (Phi) is 11.1. The summed E-state index contributed by atoms with van der Waals surface area (Å²) in [6, 6.07) is 0. The first-order chi connectivity index (χ1) is 13.8. The Bertz CT molecular complexity index is 604. The van der Waals surface area contributed by atoms with Gasteiger partial charge in [0.2, 0.25) is 0 Å². The summed E-state index contributed by atoms with van der Waals surface area (Å²) in [5.74, 6) is -1.46. The van der Waals surface area contributed by atoms with Crippen molar-refractivity contribution in [2.45, 2.75) is 113 Å². The smallest absolute Gasteiger partial charge is 0.308 e. The fourth-order valence-corrected chi connectivity index (χ4v) is 2.91. The molecule has 0 radical (unpaired) electrons. The van der Waals surface area contributed by atoms with E-state index in [2.05, 4.69) is 0 Å². The summed E-state index contributed by atoms with van der Waals surface area (Å²) in [5, 5.41) is 9.57. The van der Waals surface area contributed by atoms with Crippen molar-refractivity contribution in [3.8, 4) is 0 Å². The summed E-state index contributed by atoms with van der Waals surface area (Å²) in [7, 11) is 0. The zero-order valence-electron chi connectivity index (χ0n) is 21.5. The highest BCUT2D eigenvalue weighted by molar-refractivity contribution is 5.85. The average molecular weight is 443 g/mol. The van der Waals surface area contributed by atoms with Crippen LogP contribution in [0.4, 0.5) is 0 Å². The Morgan fingerprint density at radius 3 is 1.74 bits per heavy atom. The van der Waals surface area contributed by atoms with Gasteiger partial charge in [-0.05, 0) is 53.9 Å². The third-order valence-electron chi connectivity index (χ3n) is 6.07. The van der Waals surface area contributed by atoms with Gasteiger partial charge in [0.05, 0.1) is 29.1 Å². The fourth-order valence-electron chi connectivity index (χ4n) is 2.91. The normalized spacial score (nSPS) is 14.4. The summed E-state index contributed by atoms with van der Waals surface area (Å²) < 4.78 is 11.7. The lowest BCUT2D eigenvalue weighted by atomic mass is 9.72. The molecule has 0 rings (SSSR count). The summed E-state index contributed by atoms with van der Waals surface area (Å²) in [6.07, 6.45) is 2.25. The topological polar surface area (TPSA) is 89.9 Å². The minimum absolute atomic E-state index is 0.00981. The van der Waals surface area contributed by atoms with Crippen LogP contribution < -0.4 is 0 Å². The van der Waals surface area contributed by atoms with Crippen molar-refractivity contribution in [2.75, 3.05) is 13.2 Å². The number of ether oxygens (including phenoxy) is 2. The predicted molar refractivity (Wildman–Crippen MR) is 123 cm³/mol. The Labute approximate surface area is 189 Å². The van der Waals surface area contributed by atoms with Gasteiger partial charge < -0.3 is 14.6 Å². The number of rotatable bonds is 14. The molecular weight excluding hydrogens is 396 g/mol. The molecule has 182 valence electrons. The number of carboxylic acid groups (broad SMARTS) is 1. The molecule has 0 amide bonds. The molecule has 1 unspecified atom stereocenters. The number of ketones is 2. The van der Waals surface area contributed by atoms with Gasteiger partial charge in [0.1, 0.15) is 11.6 Å². The number of Topliss-reactive ketones (excluding diaryl/α,β-unsaturated/α-hetero) is 2. The van der Waals surface area contributed by atoms with Crippen LogP contribution in [0.1, 0.15) is 101 Å². The van der Waals surface area contributed by atoms with Gasteiger partial charge in [-0.1, -0.05) is 34.6 Å². The van der Waals surface area contributed by atoms with E-state index < -0.39 is 28.3 Å². The summed E-state index contributed by atoms with van der Waals surface area (Å²) >= 11 is 0. The van der Waals surface area contributed by atoms with Crippen molar-refractivity contribution < 1.29 is 29.0 Å². The molecule has 0 fully saturated rings. The maximum atomic E-state index is 12.9.